The maximum absolute atomic E-state index is 14.8. The standard InChI is InChI=1S/C26H29ClFN4O8P.C26H30ClN4O8P.C25H29ClN5O7P/c1-5-26(27)20(33)18(39-24(26)32-11-17(28)19-21(32)30-25(29)31-22(19)34)12-37-41(36,40-16-9-7-6-8-10-16)13-15(4)23(35)38-14(2)3;1-5-26(27)20(32)19(38-24(26)31-12-11-18-21(31)29-25(28)30-22(18)33)13-36-40(35,39-17-9-7-6-8-10-17)14-16(4)23(34)37-15(2)3;1-5-25(26)20(32)19(37-23(25)31-14-29-18-11-28-24(27)30-21(18)31)12-35-39(34,38-17-9-7-6-8-10-17)13-16(4)22(33)36-15(2)3/h1,6-11,14-15,18,20,24,33H,12-13H2,2-4H3,(H3,29,30,31,34);1,6-12,15-16,19-20,24,32H,13-14H2,2-4H3,(H3,28,29,30,33);1,6-11,14-16,19-20,23,32H,12-13H2,2-4H3,(H2,27,28,30)/t15-,18-,20+,24-,26?,41+;16-,19-,20+,24-,26?,40+;16-,19-,20+,23-,25?,39+/m111/s1/i12D2;13D2;12D2. The molecule has 3 aromatic carbocycles. The van der Waals surface area contributed by atoms with Crippen molar-refractivity contribution in [1.29, 1.82) is 0 Å². The van der Waals surface area contributed by atoms with Gasteiger partial charge in [-0.1, -0.05) is 128 Å². The molecular weight excluding hydrogens is 1690 g/mol. The van der Waals surface area contributed by atoms with Gasteiger partial charge in [0.2, 0.25) is 17.8 Å². The number of nitrogen functional groups attached to an aromatic ring is 3. The van der Waals surface area contributed by atoms with Crippen molar-refractivity contribution in [2.24, 2.45) is 17.8 Å². The third-order valence-corrected chi connectivity index (χ3v) is 24.9. The first-order chi connectivity index (χ1) is 58.8. The molecule has 120 heavy (non-hydrogen) atoms. The summed E-state index contributed by atoms with van der Waals surface area (Å²) in [7, 11) is -13.6. The second-order valence-corrected chi connectivity index (χ2v) is 35.9. The number of nitrogens with one attached hydrogen (secondary N) is 2. The number of aliphatic hydroxyl groups excluding tert-OH is 3. The van der Waals surface area contributed by atoms with Crippen molar-refractivity contribution < 1.29 is 112 Å². The maximum Gasteiger partial charge on any atom is 0.380 e. The molecule has 6 aromatic heterocycles. The molecule has 642 valence electrons. The smallest absolute Gasteiger partial charge is 0.380 e. The molecule has 0 aliphatic carbocycles. The van der Waals surface area contributed by atoms with Crippen LogP contribution < -0.4 is 41.9 Å². The molecule has 0 saturated carbocycles. The first-order valence-corrected chi connectivity index (χ1v) is 42.7. The second-order valence-electron chi connectivity index (χ2n) is 28.2. The topological polar surface area (TPSA) is 497 Å². The van der Waals surface area contributed by atoms with E-state index in [-0.39, 0.29) is 57.4 Å². The average molecular weight is 1790 g/mol. The lowest BCUT2D eigenvalue weighted by Gasteiger charge is -2.26. The number of carbonyl (C=O) groups excluding carboxylic acids is 3. The highest BCUT2D eigenvalue weighted by Crippen LogP contribution is 2.56. The number of nitrogens with zero attached hydrogens (tertiary/aromatic N) is 8. The first-order valence-electron chi connectivity index (χ1n) is 39.4. The van der Waals surface area contributed by atoms with Crippen LogP contribution in [0.25, 0.3) is 33.2 Å². The fourth-order valence-corrected chi connectivity index (χ4v) is 18.0. The summed E-state index contributed by atoms with van der Waals surface area (Å²) >= 11 is 19.9. The number of aromatic amines is 2. The highest BCUT2D eigenvalue weighted by molar-refractivity contribution is 7.55. The van der Waals surface area contributed by atoms with Crippen LogP contribution in [0, 0.1) is 60.6 Å². The van der Waals surface area contributed by atoms with Gasteiger partial charge in [-0.25, -0.2) is 28.1 Å². The van der Waals surface area contributed by atoms with E-state index in [1.807, 2.05) is 0 Å². The Hall–Kier alpha value is -9.93. The molecule has 18 atom stereocenters. The van der Waals surface area contributed by atoms with Gasteiger partial charge in [-0.2, -0.15) is 15.0 Å². The van der Waals surface area contributed by atoms with Crippen molar-refractivity contribution in [3.63, 3.8) is 0 Å². The minimum atomic E-state index is -4.59. The largest absolute Gasteiger partial charge is 0.463 e. The summed E-state index contributed by atoms with van der Waals surface area (Å²) in [5.41, 5.74) is 15.7. The summed E-state index contributed by atoms with van der Waals surface area (Å²) in [5, 5.41) is 33.1. The van der Waals surface area contributed by atoms with E-state index in [1.165, 1.54) is 91.1 Å². The number of benzene rings is 3. The second kappa shape index (κ2) is 38.4. The molecule has 3 aliphatic heterocycles. The molecule has 9 aromatic rings. The van der Waals surface area contributed by atoms with Gasteiger partial charge >= 0.3 is 40.7 Å². The number of H-pyrrole nitrogens is 2. The molecule has 9 heterocycles. The van der Waals surface area contributed by atoms with Crippen LogP contribution >= 0.6 is 57.6 Å². The summed E-state index contributed by atoms with van der Waals surface area (Å²) in [4.78, 5) is 80.4. The van der Waals surface area contributed by atoms with Crippen molar-refractivity contribution in [3.05, 3.63) is 149 Å². The Morgan fingerprint density at radius 3 is 1.28 bits per heavy atom. The van der Waals surface area contributed by atoms with Crippen molar-refractivity contribution in [2.45, 2.75) is 151 Å². The van der Waals surface area contributed by atoms with Crippen molar-refractivity contribution in [3.8, 4) is 54.3 Å². The number of para-hydroxylation sites is 3. The molecule has 0 amide bonds. The van der Waals surface area contributed by atoms with E-state index in [0.717, 1.165) is 10.8 Å². The monoisotopic (exact) mass is 1790 g/mol. The molecule has 3 saturated heterocycles. The van der Waals surface area contributed by atoms with E-state index in [4.69, 9.17) is 135 Å². The number of hydrogen-bond donors (Lipinski definition) is 8. The van der Waals surface area contributed by atoms with E-state index in [2.05, 4.69) is 52.6 Å². The quantitative estimate of drug-likeness (QED) is 0.00682. The van der Waals surface area contributed by atoms with Gasteiger partial charge in [0, 0.05) is 12.4 Å². The van der Waals surface area contributed by atoms with Crippen LogP contribution in [0.4, 0.5) is 22.2 Å². The Labute approximate surface area is 709 Å². The molecule has 0 bridgehead atoms. The number of terminal acetylenes is 3. The van der Waals surface area contributed by atoms with Gasteiger partial charge in [-0.3, -0.25) is 56.6 Å². The van der Waals surface area contributed by atoms with Gasteiger partial charge in [0.1, 0.15) is 64.8 Å². The Balaban J connectivity index is 0.000000197. The maximum atomic E-state index is 14.8. The molecule has 43 heteroatoms. The van der Waals surface area contributed by atoms with Gasteiger partial charge < -0.3 is 79.1 Å². The molecule has 0 radical (unpaired) electrons. The van der Waals surface area contributed by atoms with Gasteiger partial charge in [0.15, 0.2) is 56.1 Å². The third-order valence-electron chi connectivity index (χ3n) is 17.7. The van der Waals surface area contributed by atoms with Gasteiger partial charge in [0.05, 0.1) is 100 Å². The predicted molar refractivity (Wildman–Crippen MR) is 439 cm³/mol. The minimum absolute atomic E-state index is 0.00595. The Bertz CT molecular complexity index is 5900. The molecular formula is C77H88Cl3FN13O23P3. The van der Waals surface area contributed by atoms with Gasteiger partial charge in [-0.15, -0.1) is 19.3 Å². The lowest BCUT2D eigenvalue weighted by molar-refractivity contribution is -0.152. The number of anilines is 3. The van der Waals surface area contributed by atoms with Crippen molar-refractivity contribution >= 4 is 127 Å². The van der Waals surface area contributed by atoms with Crippen LogP contribution in [0.15, 0.2) is 132 Å². The summed E-state index contributed by atoms with van der Waals surface area (Å²) in [5.74, 6) is -0.118. The first kappa shape index (κ1) is 83.7. The van der Waals surface area contributed by atoms with Crippen molar-refractivity contribution in [2.75, 3.05) is 55.4 Å². The highest BCUT2D eigenvalue weighted by atomic mass is 35.5. The number of ether oxygens (including phenoxy) is 6. The number of carbonyl (C=O) groups is 3. The Morgan fingerprint density at radius 2 is 0.908 bits per heavy atom. The number of fused-ring (bicyclic) bond motifs is 3. The summed E-state index contributed by atoms with van der Waals surface area (Å²) in [6.07, 6.45) is 2.28. The summed E-state index contributed by atoms with van der Waals surface area (Å²) in [6, 6.07) is 24.8. The number of rotatable bonds is 30. The molecule has 3 aliphatic rings. The van der Waals surface area contributed by atoms with Crippen LogP contribution in [0.3, 0.4) is 0 Å². The van der Waals surface area contributed by atoms with Crippen LogP contribution in [0.1, 0.15) is 89.2 Å². The van der Waals surface area contributed by atoms with Crippen molar-refractivity contribution in [1.82, 2.24) is 48.6 Å². The number of imidazole rings is 1. The minimum Gasteiger partial charge on any atom is -0.463 e. The van der Waals surface area contributed by atoms with E-state index in [1.54, 1.807) is 96.1 Å². The third kappa shape index (κ3) is 21.1. The zero-order valence-electron chi connectivity index (χ0n) is 71.2. The number of halogens is 4. The predicted octanol–water partition coefficient (Wildman–Crippen LogP) is 9.40. The van der Waals surface area contributed by atoms with Crippen LogP contribution in [-0.4, -0.2) is 190 Å². The van der Waals surface area contributed by atoms with E-state index in [0.29, 0.717) is 5.52 Å². The number of hydrogen-bond acceptors (Lipinski definition) is 31. The van der Waals surface area contributed by atoms with E-state index < -0.39 is 207 Å². The number of aliphatic hydroxyl groups is 3. The number of esters is 3. The lowest BCUT2D eigenvalue weighted by Crippen LogP contribution is -2.41. The molecule has 0 spiro atoms. The van der Waals surface area contributed by atoms with Crippen LogP contribution in [0.2, 0.25) is 0 Å². The molecule has 3 unspecified atom stereocenters. The average Bonchev–Trinajstić information content (AvgIpc) is 1.58. The number of aromatic nitrogens is 10. The normalized spacial score (nSPS) is 26.0. The fourth-order valence-electron chi connectivity index (χ4n) is 12.0. The van der Waals surface area contributed by atoms with Crippen LogP contribution in [-0.2, 0) is 70.1 Å². The fraction of sp³-hybridized carbons (Fsp3) is 0.429. The van der Waals surface area contributed by atoms with Gasteiger partial charge in [-0.05, 0) is 84.0 Å². The lowest BCUT2D eigenvalue weighted by atomic mass is 9.99. The SMILES string of the molecule is [2H]C([2H])(O[P@@](=O)(C[C@@H](C)C(=O)OC(C)C)Oc1ccccc1)[C@H]1O[C@@H](n2cc(F)c3c(=O)[nH]c(N)nc32)C(Cl)(C#C)[C@H]1O.[2H]C([2H])(O[P@@](=O)(C[C@@H](C)C(=O)OC(C)C)Oc1ccccc1)[C@H]1O[C@@H](n2ccc3c(=O)[nH]c(N)nc32)C(Cl)(C#C)[C@H]1O.[2H]C([2H])(O[P@@](=O)(C[C@@H](C)C(=O)OC(C)C)Oc1ccccc1)[C@H]1O[C@@H](n2cnc3cnc(N)nc32)C(Cl)(C#C)[C@H]1O. The Morgan fingerprint density at radius 1 is 0.550 bits per heavy atom. The van der Waals surface area contributed by atoms with E-state index in [9.17, 15) is 57.4 Å². The summed E-state index contributed by atoms with van der Waals surface area (Å²) < 4.78 is 179. The van der Waals surface area contributed by atoms with Crippen LogP contribution in [0.5, 0.6) is 17.2 Å². The number of alkyl halides is 3. The molecule has 11 N–H and O–H groups in total. The number of nitrogens with two attached hydrogens (primary N) is 3. The van der Waals surface area contributed by atoms with Gasteiger partial charge in [0.25, 0.3) is 11.1 Å². The zero-order valence-corrected chi connectivity index (χ0v) is 70.2. The summed E-state index contributed by atoms with van der Waals surface area (Å²) in [6.45, 7) is 4.91. The zero-order chi connectivity index (χ0) is 93.1. The van der Waals surface area contributed by atoms with E-state index >= 15 is 0 Å². The highest BCUT2D eigenvalue weighted by Gasteiger charge is 2.60. The molecule has 3 fully saturated rings. The molecule has 12 rings (SSSR count). The molecule has 36 nitrogen and oxygen atoms in total. The Kier molecular flexibility index (Phi) is 26.8.